The molecule has 1 atom stereocenters. The fourth-order valence-electron chi connectivity index (χ4n) is 2.53. The quantitative estimate of drug-likeness (QED) is 0.834. The summed E-state index contributed by atoms with van der Waals surface area (Å²) in [6.45, 7) is 0. The summed E-state index contributed by atoms with van der Waals surface area (Å²) in [5, 5.41) is 0. The van der Waals surface area contributed by atoms with Crippen LogP contribution in [0.15, 0.2) is 18.2 Å². The van der Waals surface area contributed by atoms with Gasteiger partial charge in [-0.05, 0) is 37.7 Å². The Balaban J connectivity index is 2.11. The van der Waals surface area contributed by atoms with Crippen LogP contribution in [0, 0.1) is 17.6 Å². The molecule has 0 bridgehead atoms. The zero-order valence-electron chi connectivity index (χ0n) is 9.70. The Hall–Kier alpha value is -1.00. The largest absolute Gasteiger partial charge is 0.328 e. The van der Waals surface area contributed by atoms with Crippen LogP contribution < -0.4 is 11.5 Å². The zero-order valence-corrected chi connectivity index (χ0v) is 9.70. The van der Waals surface area contributed by atoms with Gasteiger partial charge in [-0.3, -0.25) is 0 Å². The van der Waals surface area contributed by atoms with Crippen LogP contribution in [0.1, 0.15) is 37.3 Å². The van der Waals surface area contributed by atoms with Crippen molar-refractivity contribution in [1.29, 1.82) is 0 Å². The van der Waals surface area contributed by atoms with E-state index in [1.807, 2.05) is 0 Å². The number of hydrogen-bond donors (Lipinski definition) is 2. The van der Waals surface area contributed by atoms with Crippen LogP contribution in [0.5, 0.6) is 0 Å². The second kappa shape index (κ2) is 5.10. The van der Waals surface area contributed by atoms with Gasteiger partial charge in [0, 0.05) is 23.7 Å². The molecule has 17 heavy (non-hydrogen) atoms. The Morgan fingerprint density at radius 2 is 1.76 bits per heavy atom. The monoisotopic (exact) mass is 240 g/mol. The number of benzene rings is 1. The van der Waals surface area contributed by atoms with Gasteiger partial charge in [0.15, 0.2) is 0 Å². The first-order chi connectivity index (χ1) is 8.08. The summed E-state index contributed by atoms with van der Waals surface area (Å²) < 4.78 is 26.4. The molecular weight excluding hydrogens is 222 g/mol. The van der Waals surface area contributed by atoms with Gasteiger partial charge < -0.3 is 11.5 Å². The Bertz CT molecular complexity index is 387. The Morgan fingerprint density at radius 3 is 2.35 bits per heavy atom. The van der Waals surface area contributed by atoms with Gasteiger partial charge in [0.25, 0.3) is 0 Å². The summed E-state index contributed by atoms with van der Waals surface area (Å²) in [7, 11) is 0. The first-order valence-corrected chi connectivity index (χ1v) is 6.04. The summed E-state index contributed by atoms with van der Waals surface area (Å²) in [5.74, 6) is -0.869. The van der Waals surface area contributed by atoms with E-state index in [2.05, 4.69) is 0 Å². The lowest BCUT2D eigenvalue weighted by Gasteiger charge is -2.30. The van der Waals surface area contributed by atoms with E-state index in [1.165, 1.54) is 12.1 Å². The normalized spacial score (nSPS) is 26.8. The van der Waals surface area contributed by atoms with Crippen molar-refractivity contribution in [1.82, 2.24) is 0 Å². The molecule has 1 saturated carbocycles. The molecule has 1 aromatic carbocycles. The van der Waals surface area contributed by atoms with Gasteiger partial charge >= 0.3 is 0 Å². The van der Waals surface area contributed by atoms with Crippen LogP contribution in [0.25, 0.3) is 0 Å². The van der Waals surface area contributed by atoms with Crippen LogP contribution in [0.3, 0.4) is 0 Å². The highest BCUT2D eigenvalue weighted by Gasteiger charge is 2.26. The molecule has 0 heterocycles. The molecule has 4 heteroatoms. The smallest absolute Gasteiger partial charge is 0.130 e. The maximum Gasteiger partial charge on any atom is 0.130 e. The highest BCUT2D eigenvalue weighted by molar-refractivity contribution is 5.22. The highest BCUT2D eigenvalue weighted by Crippen LogP contribution is 2.33. The molecule has 1 fully saturated rings. The summed E-state index contributed by atoms with van der Waals surface area (Å²) in [6, 6.07) is 3.49. The van der Waals surface area contributed by atoms with Gasteiger partial charge in [-0.25, -0.2) is 8.78 Å². The van der Waals surface area contributed by atoms with E-state index in [0.717, 1.165) is 31.7 Å². The van der Waals surface area contributed by atoms with Gasteiger partial charge in [0.05, 0.1) is 0 Å². The van der Waals surface area contributed by atoms with E-state index < -0.39 is 11.6 Å². The third-order valence-electron chi connectivity index (χ3n) is 3.65. The van der Waals surface area contributed by atoms with E-state index in [9.17, 15) is 8.78 Å². The summed E-state index contributed by atoms with van der Waals surface area (Å²) in [5.41, 5.74) is 12.3. The van der Waals surface area contributed by atoms with E-state index in [4.69, 9.17) is 11.5 Å². The van der Waals surface area contributed by atoms with Crippen molar-refractivity contribution >= 4 is 0 Å². The SMILES string of the molecule is NC1CCC(C(N)c2ccc(F)cc2F)CC1. The van der Waals surface area contributed by atoms with Crippen molar-refractivity contribution < 1.29 is 8.78 Å². The number of rotatable bonds is 2. The Kier molecular flexibility index (Phi) is 3.74. The van der Waals surface area contributed by atoms with Crippen LogP contribution in [-0.2, 0) is 0 Å². The van der Waals surface area contributed by atoms with E-state index >= 15 is 0 Å². The molecule has 4 N–H and O–H groups in total. The molecule has 2 rings (SSSR count). The van der Waals surface area contributed by atoms with Gasteiger partial charge in [0.1, 0.15) is 11.6 Å². The first kappa shape index (κ1) is 12.5. The van der Waals surface area contributed by atoms with Crippen molar-refractivity contribution in [2.24, 2.45) is 17.4 Å². The summed E-state index contributed by atoms with van der Waals surface area (Å²) in [6.07, 6.45) is 3.70. The van der Waals surface area contributed by atoms with Crippen LogP contribution in [0.2, 0.25) is 0 Å². The van der Waals surface area contributed by atoms with Gasteiger partial charge in [0.2, 0.25) is 0 Å². The van der Waals surface area contributed by atoms with Crippen molar-refractivity contribution in [2.45, 2.75) is 37.8 Å². The number of halogens is 2. The van der Waals surface area contributed by atoms with Crippen LogP contribution >= 0.6 is 0 Å². The highest BCUT2D eigenvalue weighted by atomic mass is 19.1. The second-order valence-electron chi connectivity index (χ2n) is 4.87. The second-order valence-corrected chi connectivity index (χ2v) is 4.87. The number of nitrogens with two attached hydrogens (primary N) is 2. The van der Waals surface area contributed by atoms with Gasteiger partial charge in [-0.2, -0.15) is 0 Å². The summed E-state index contributed by atoms with van der Waals surface area (Å²) in [4.78, 5) is 0. The average molecular weight is 240 g/mol. The Morgan fingerprint density at radius 1 is 1.12 bits per heavy atom. The van der Waals surface area contributed by atoms with E-state index in [1.54, 1.807) is 0 Å². The molecule has 0 aliphatic heterocycles. The third-order valence-corrected chi connectivity index (χ3v) is 3.65. The molecule has 1 aromatic rings. The van der Waals surface area contributed by atoms with E-state index in [0.29, 0.717) is 5.56 Å². The fraction of sp³-hybridized carbons (Fsp3) is 0.538. The summed E-state index contributed by atoms with van der Waals surface area (Å²) >= 11 is 0. The minimum absolute atomic E-state index is 0.245. The van der Waals surface area contributed by atoms with Crippen LogP contribution in [-0.4, -0.2) is 6.04 Å². The molecule has 0 radical (unpaired) electrons. The lowest BCUT2D eigenvalue weighted by Crippen LogP contribution is -2.32. The lowest BCUT2D eigenvalue weighted by atomic mass is 9.80. The molecule has 0 aromatic heterocycles. The molecule has 0 amide bonds. The predicted molar refractivity (Wildman–Crippen MR) is 63.2 cm³/mol. The molecule has 1 aliphatic rings. The number of hydrogen-bond acceptors (Lipinski definition) is 2. The van der Waals surface area contributed by atoms with Crippen molar-refractivity contribution in [3.8, 4) is 0 Å². The van der Waals surface area contributed by atoms with Crippen molar-refractivity contribution in [3.63, 3.8) is 0 Å². The van der Waals surface area contributed by atoms with Crippen LogP contribution in [0.4, 0.5) is 8.78 Å². The molecule has 2 nitrogen and oxygen atoms in total. The van der Waals surface area contributed by atoms with Crippen molar-refractivity contribution in [3.05, 3.63) is 35.4 Å². The molecule has 0 saturated heterocycles. The topological polar surface area (TPSA) is 52.0 Å². The minimum Gasteiger partial charge on any atom is -0.328 e. The van der Waals surface area contributed by atoms with E-state index in [-0.39, 0.29) is 18.0 Å². The molecular formula is C13H18F2N2. The average Bonchev–Trinajstić information content (AvgIpc) is 2.29. The molecule has 1 aliphatic carbocycles. The predicted octanol–water partition coefficient (Wildman–Crippen LogP) is 2.48. The first-order valence-electron chi connectivity index (χ1n) is 6.04. The van der Waals surface area contributed by atoms with Gasteiger partial charge in [-0.1, -0.05) is 6.07 Å². The molecule has 1 unspecified atom stereocenters. The standard InChI is InChI=1S/C13H18F2N2/c14-9-3-6-11(12(15)7-9)13(17)8-1-4-10(16)5-2-8/h3,6-8,10,13H,1-2,4-5,16-17H2. The van der Waals surface area contributed by atoms with Crippen molar-refractivity contribution in [2.75, 3.05) is 0 Å². The van der Waals surface area contributed by atoms with Gasteiger partial charge in [-0.15, -0.1) is 0 Å². The maximum atomic E-state index is 13.6. The maximum absolute atomic E-state index is 13.6. The lowest BCUT2D eigenvalue weighted by molar-refractivity contribution is 0.281. The Labute approximate surface area is 100.0 Å². The molecule has 0 spiro atoms. The zero-order chi connectivity index (χ0) is 12.4. The molecule has 94 valence electrons. The minimum atomic E-state index is -0.566. The fourth-order valence-corrected chi connectivity index (χ4v) is 2.53. The third kappa shape index (κ3) is 2.82.